The van der Waals surface area contributed by atoms with Gasteiger partial charge in [-0.25, -0.2) is 0 Å². The van der Waals surface area contributed by atoms with Crippen molar-refractivity contribution in [2.24, 2.45) is 0 Å². The molecule has 1 aliphatic heterocycles. The summed E-state index contributed by atoms with van der Waals surface area (Å²) in [5.74, 6) is 0.594. The number of hydrogen-bond acceptors (Lipinski definition) is 4. The Morgan fingerprint density at radius 3 is 3.06 bits per heavy atom. The van der Waals surface area contributed by atoms with Crippen LogP contribution in [0.5, 0.6) is 5.75 Å². The highest BCUT2D eigenvalue weighted by Crippen LogP contribution is 2.25. The van der Waals surface area contributed by atoms with Gasteiger partial charge in [0, 0.05) is 24.8 Å². The fourth-order valence-corrected chi connectivity index (χ4v) is 1.99. The van der Waals surface area contributed by atoms with Gasteiger partial charge in [-0.1, -0.05) is 6.07 Å². The summed E-state index contributed by atoms with van der Waals surface area (Å²) in [6.07, 6.45) is 0.0840. The average Bonchev–Trinajstić information content (AvgIpc) is 2.37. The Morgan fingerprint density at radius 2 is 2.28 bits per heavy atom. The van der Waals surface area contributed by atoms with Crippen molar-refractivity contribution in [1.82, 2.24) is 5.32 Å². The van der Waals surface area contributed by atoms with E-state index in [2.05, 4.69) is 5.32 Å². The number of benzene rings is 1. The number of carbonyl (C=O) groups is 1. The van der Waals surface area contributed by atoms with Crippen LogP contribution in [0.1, 0.15) is 15.9 Å². The Bertz CT molecular complexity index is 433. The summed E-state index contributed by atoms with van der Waals surface area (Å²) in [5.41, 5.74) is 1.56. The number of aliphatic hydroxyl groups is 1. The maximum atomic E-state index is 11.6. The van der Waals surface area contributed by atoms with Gasteiger partial charge in [-0.05, 0) is 18.6 Å². The van der Waals surface area contributed by atoms with E-state index in [-0.39, 0.29) is 19.1 Å². The standard InChI is InChI=1S/C13H17NO4/c1-17-7-9(15)8-18-12-4-2-3-11-10(12)5-6-14-13(11)16/h2-4,9,15H,5-8H2,1H3,(H,14,16). The molecule has 1 heterocycles. The van der Waals surface area contributed by atoms with E-state index in [1.807, 2.05) is 6.07 Å². The second kappa shape index (κ2) is 5.84. The first-order valence-corrected chi connectivity index (χ1v) is 5.92. The third kappa shape index (κ3) is 2.80. The molecule has 1 atom stereocenters. The highest BCUT2D eigenvalue weighted by atomic mass is 16.5. The molecule has 2 rings (SSSR count). The van der Waals surface area contributed by atoms with Gasteiger partial charge in [0.05, 0.1) is 6.61 Å². The van der Waals surface area contributed by atoms with Crippen molar-refractivity contribution in [2.45, 2.75) is 12.5 Å². The molecule has 5 heteroatoms. The predicted molar refractivity (Wildman–Crippen MR) is 65.9 cm³/mol. The van der Waals surface area contributed by atoms with Crippen LogP contribution in [-0.4, -0.2) is 44.0 Å². The lowest BCUT2D eigenvalue weighted by atomic mass is 9.99. The van der Waals surface area contributed by atoms with Gasteiger partial charge in [-0.15, -0.1) is 0 Å². The van der Waals surface area contributed by atoms with Gasteiger partial charge in [0.25, 0.3) is 5.91 Å². The van der Waals surface area contributed by atoms with Crippen molar-refractivity contribution in [1.29, 1.82) is 0 Å². The van der Waals surface area contributed by atoms with Crippen LogP contribution in [0.15, 0.2) is 18.2 Å². The van der Waals surface area contributed by atoms with Gasteiger partial charge in [-0.2, -0.15) is 0 Å². The summed E-state index contributed by atoms with van der Waals surface area (Å²) in [6, 6.07) is 5.38. The molecule has 1 aromatic rings. The van der Waals surface area contributed by atoms with Crippen molar-refractivity contribution in [3.8, 4) is 5.75 Å². The second-order valence-electron chi connectivity index (χ2n) is 4.21. The van der Waals surface area contributed by atoms with E-state index >= 15 is 0 Å². The minimum atomic E-state index is -0.664. The normalized spacial score (nSPS) is 15.8. The van der Waals surface area contributed by atoms with E-state index in [0.717, 1.165) is 12.0 Å². The first-order valence-electron chi connectivity index (χ1n) is 5.92. The average molecular weight is 251 g/mol. The van der Waals surface area contributed by atoms with Gasteiger partial charge in [0.2, 0.25) is 0 Å². The number of carbonyl (C=O) groups excluding carboxylic acids is 1. The van der Waals surface area contributed by atoms with Gasteiger partial charge in [0.15, 0.2) is 0 Å². The third-order valence-electron chi connectivity index (χ3n) is 2.83. The highest BCUT2D eigenvalue weighted by Gasteiger charge is 2.20. The van der Waals surface area contributed by atoms with Crippen LogP contribution in [0.3, 0.4) is 0 Å². The van der Waals surface area contributed by atoms with Crippen molar-refractivity contribution in [3.63, 3.8) is 0 Å². The van der Waals surface area contributed by atoms with E-state index in [9.17, 15) is 9.90 Å². The molecule has 0 radical (unpaired) electrons. The molecule has 0 saturated heterocycles. The molecule has 18 heavy (non-hydrogen) atoms. The monoisotopic (exact) mass is 251 g/mol. The Morgan fingerprint density at radius 1 is 1.44 bits per heavy atom. The van der Waals surface area contributed by atoms with Crippen LogP contribution >= 0.6 is 0 Å². The minimum Gasteiger partial charge on any atom is -0.490 e. The van der Waals surface area contributed by atoms with E-state index in [4.69, 9.17) is 9.47 Å². The van der Waals surface area contributed by atoms with E-state index in [1.54, 1.807) is 12.1 Å². The molecule has 1 aromatic carbocycles. The molecular weight excluding hydrogens is 234 g/mol. The van der Waals surface area contributed by atoms with Crippen molar-refractivity contribution in [2.75, 3.05) is 26.9 Å². The molecule has 0 bridgehead atoms. The van der Waals surface area contributed by atoms with Crippen LogP contribution in [0.25, 0.3) is 0 Å². The molecule has 0 aliphatic carbocycles. The third-order valence-corrected chi connectivity index (χ3v) is 2.83. The quantitative estimate of drug-likeness (QED) is 0.793. The van der Waals surface area contributed by atoms with Crippen LogP contribution < -0.4 is 10.1 Å². The zero-order valence-corrected chi connectivity index (χ0v) is 10.3. The van der Waals surface area contributed by atoms with Crippen molar-refractivity contribution < 1.29 is 19.4 Å². The fraction of sp³-hybridized carbons (Fsp3) is 0.462. The number of hydrogen-bond donors (Lipinski definition) is 2. The zero-order valence-electron chi connectivity index (χ0n) is 10.3. The van der Waals surface area contributed by atoms with Gasteiger partial charge in [0.1, 0.15) is 18.5 Å². The molecule has 0 saturated carbocycles. The molecule has 0 spiro atoms. The number of ether oxygens (including phenoxy) is 2. The second-order valence-corrected chi connectivity index (χ2v) is 4.21. The van der Waals surface area contributed by atoms with Crippen LogP contribution in [0.2, 0.25) is 0 Å². The van der Waals surface area contributed by atoms with Crippen molar-refractivity contribution in [3.05, 3.63) is 29.3 Å². The summed E-state index contributed by atoms with van der Waals surface area (Å²) < 4.78 is 10.4. The molecule has 1 amide bonds. The summed E-state index contributed by atoms with van der Waals surface area (Å²) in [5, 5.41) is 12.3. The number of fused-ring (bicyclic) bond motifs is 1. The molecule has 5 nitrogen and oxygen atoms in total. The number of methoxy groups -OCH3 is 1. The molecule has 98 valence electrons. The molecule has 0 aromatic heterocycles. The minimum absolute atomic E-state index is 0.0702. The smallest absolute Gasteiger partial charge is 0.251 e. The van der Waals surface area contributed by atoms with E-state index in [0.29, 0.717) is 17.9 Å². The van der Waals surface area contributed by atoms with E-state index in [1.165, 1.54) is 7.11 Å². The number of nitrogens with one attached hydrogen (secondary N) is 1. The number of rotatable bonds is 5. The van der Waals surface area contributed by atoms with Gasteiger partial charge < -0.3 is 19.9 Å². The van der Waals surface area contributed by atoms with Gasteiger partial charge in [-0.3, -0.25) is 4.79 Å². The Hall–Kier alpha value is -1.59. The lowest BCUT2D eigenvalue weighted by molar-refractivity contribution is 0.0323. The Balaban J connectivity index is 2.09. The Kier molecular flexibility index (Phi) is 4.17. The molecule has 1 aliphatic rings. The topological polar surface area (TPSA) is 67.8 Å². The van der Waals surface area contributed by atoms with E-state index < -0.39 is 6.10 Å². The lowest BCUT2D eigenvalue weighted by Crippen LogP contribution is -2.32. The summed E-state index contributed by atoms with van der Waals surface area (Å²) in [7, 11) is 1.53. The first-order chi connectivity index (χ1) is 8.72. The zero-order chi connectivity index (χ0) is 13.0. The Labute approximate surface area is 106 Å². The van der Waals surface area contributed by atoms with Crippen LogP contribution in [0.4, 0.5) is 0 Å². The first kappa shape index (κ1) is 12.9. The molecular formula is C13H17NO4. The predicted octanol–water partition coefficient (Wildman–Crippen LogP) is 0.359. The number of aliphatic hydroxyl groups excluding tert-OH is 1. The number of amides is 1. The lowest BCUT2D eigenvalue weighted by Gasteiger charge is -2.20. The molecule has 1 unspecified atom stereocenters. The maximum absolute atomic E-state index is 11.6. The molecule has 2 N–H and O–H groups in total. The van der Waals surface area contributed by atoms with Gasteiger partial charge >= 0.3 is 0 Å². The van der Waals surface area contributed by atoms with Crippen LogP contribution in [-0.2, 0) is 11.2 Å². The fourth-order valence-electron chi connectivity index (χ4n) is 1.99. The highest BCUT2D eigenvalue weighted by molar-refractivity contribution is 5.97. The molecule has 0 fully saturated rings. The largest absolute Gasteiger partial charge is 0.490 e. The SMILES string of the molecule is COCC(O)COc1cccc2c1CCNC2=O. The maximum Gasteiger partial charge on any atom is 0.251 e. The summed E-state index contributed by atoms with van der Waals surface area (Å²) in [6.45, 7) is 1.01. The summed E-state index contributed by atoms with van der Waals surface area (Å²) >= 11 is 0. The van der Waals surface area contributed by atoms with Crippen molar-refractivity contribution >= 4 is 5.91 Å². The summed E-state index contributed by atoms with van der Waals surface area (Å²) in [4.78, 5) is 11.6. The van der Waals surface area contributed by atoms with Crippen LogP contribution in [0, 0.1) is 0 Å².